The third kappa shape index (κ3) is 1.50. The van der Waals surface area contributed by atoms with Gasteiger partial charge in [-0.2, -0.15) is 0 Å². The van der Waals surface area contributed by atoms with Crippen molar-refractivity contribution >= 4 is 0 Å². The monoisotopic (exact) mass is 191 g/mol. The van der Waals surface area contributed by atoms with E-state index in [-0.39, 0.29) is 6.04 Å². The molecule has 2 heteroatoms. The molecule has 1 aromatic rings. The van der Waals surface area contributed by atoms with Crippen molar-refractivity contribution in [3.05, 3.63) is 28.8 Å². The van der Waals surface area contributed by atoms with Crippen LogP contribution in [0.1, 0.15) is 35.6 Å². The van der Waals surface area contributed by atoms with Gasteiger partial charge in [0.05, 0.1) is 6.61 Å². The molecule has 0 fully saturated rings. The molecule has 0 amide bonds. The minimum atomic E-state index is 0.146. The second-order valence-corrected chi connectivity index (χ2v) is 4.04. The molecule has 0 saturated heterocycles. The third-order valence-electron chi connectivity index (χ3n) is 2.89. The fraction of sp³-hybridized carbons (Fsp3) is 0.500. The third-order valence-corrected chi connectivity index (χ3v) is 2.89. The Morgan fingerprint density at radius 1 is 1.29 bits per heavy atom. The molecule has 1 atom stereocenters. The zero-order valence-corrected chi connectivity index (χ0v) is 8.84. The van der Waals surface area contributed by atoms with E-state index in [0.29, 0.717) is 0 Å². The fourth-order valence-corrected chi connectivity index (χ4v) is 2.08. The largest absolute Gasteiger partial charge is 0.493 e. The molecule has 0 radical (unpaired) electrons. The van der Waals surface area contributed by atoms with Crippen molar-refractivity contribution in [1.82, 2.24) is 0 Å². The number of hydrogen-bond acceptors (Lipinski definition) is 2. The van der Waals surface area contributed by atoms with E-state index in [9.17, 15) is 0 Å². The molecule has 2 rings (SSSR count). The molecule has 0 bridgehead atoms. The van der Waals surface area contributed by atoms with E-state index < -0.39 is 0 Å². The highest BCUT2D eigenvalue weighted by Gasteiger charge is 2.19. The van der Waals surface area contributed by atoms with Gasteiger partial charge in [-0.3, -0.25) is 0 Å². The highest BCUT2D eigenvalue weighted by Crippen LogP contribution is 2.35. The van der Waals surface area contributed by atoms with Crippen molar-refractivity contribution in [2.75, 3.05) is 6.61 Å². The average molecular weight is 191 g/mol. The maximum absolute atomic E-state index is 6.14. The van der Waals surface area contributed by atoms with Gasteiger partial charge in [0.1, 0.15) is 5.75 Å². The Hall–Kier alpha value is -1.02. The second-order valence-electron chi connectivity index (χ2n) is 4.04. The summed E-state index contributed by atoms with van der Waals surface area (Å²) in [4.78, 5) is 0. The molecule has 1 heterocycles. The normalized spacial score (nSPS) is 20.9. The predicted octanol–water partition coefficient (Wildman–Crippen LogP) is 2.48. The van der Waals surface area contributed by atoms with E-state index in [1.54, 1.807) is 0 Å². The minimum absolute atomic E-state index is 0.146. The van der Waals surface area contributed by atoms with E-state index in [1.165, 1.54) is 16.7 Å². The lowest BCUT2D eigenvalue weighted by atomic mass is 9.96. The molecule has 76 valence electrons. The molecule has 14 heavy (non-hydrogen) atoms. The van der Waals surface area contributed by atoms with E-state index >= 15 is 0 Å². The number of hydrogen-bond donors (Lipinski definition) is 1. The van der Waals surface area contributed by atoms with Gasteiger partial charge in [-0.1, -0.05) is 12.1 Å². The molecule has 0 unspecified atom stereocenters. The van der Waals surface area contributed by atoms with Gasteiger partial charge in [0.25, 0.3) is 0 Å². The number of ether oxygens (including phenoxy) is 1. The summed E-state index contributed by atoms with van der Waals surface area (Å²) in [6.45, 7) is 4.98. The number of aryl methyl sites for hydroxylation is 2. The van der Waals surface area contributed by atoms with Crippen molar-refractivity contribution < 1.29 is 4.74 Å². The van der Waals surface area contributed by atoms with Crippen molar-refractivity contribution in [2.24, 2.45) is 5.73 Å². The van der Waals surface area contributed by atoms with Crippen LogP contribution in [0.3, 0.4) is 0 Å². The van der Waals surface area contributed by atoms with Gasteiger partial charge in [-0.05, 0) is 37.8 Å². The van der Waals surface area contributed by atoms with Crippen LogP contribution in [0.5, 0.6) is 5.75 Å². The van der Waals surface area contributed by atoms with Crippen LogP contribution in [0.25, 0.3) is 0 Å². The average Bonchev–Trinajstić information content (AvgIpc) is 2.35. The van der Waals surface area contributed by atoms with Crippen LogP contribution < -0.4 is 10.5 Å². The van der Waals surface area contributed by atoms with E-state index in [2.05, 4.69) is 26.0 Å². The number of benzene rings is 1. The van der Waals surface area contributed by atoms with Crippen LogP contribution in [0.2, 0.25) is 0 Å². The van der Waals surface area contributed by atoms with Crippen molar-refractivity contribution in [3.63, 3.8) is 0 Å². The second kappa shape index (κ2) is 3.62. The molecular formula is C12H17NO. The van der Waals surface area contributed by atoms with Crippen LogP contribution in [-0.4, -0.2) is 6.61 Å². The molecule has 1 aromatic carbocycles. The zero-order valence-electron chi connectivity index (χ0n) is 8.84. The van der Waals surface area contributed by atoms with Crippen LogP contribution in [0.15, 0.2) is 12.1 Å². The first-order chi connectivity index (χ1) is 6.70. The smallest absolute Gasteiger partial charge is 0.127 e. The molecule has 2 N–H and O–H groups in total. The molecule has 0 aliphatic carbocycles. The van der Waals surface area contributed by atoms with Gasteiger partial charge in [0.2, 0.25) is 0 Å². The lowest BCUT2D eigenvalue weighted by Gasteiger charge is -2.16. The first kappa shape index (κ1) is 9.53. The van der Waals surface area contributed by atoms with Gasteiger partial charge < -0.3 is 10.5 Å². The Kier molecular flexibility index (Phi) is 2.46. The van der Waals surface area contributed by atoms with Gasteiger partial charge in [-0.25, -0.2) is 0 Å². The van der Waals surface area contributed by atoms with Crippen molar-refractivity contribution in [2.45, 2.75) is 32.7 Å². The van der Waals surface area contributed by atoms with Crippen molar-refractivity contribution in [1.29, 1.82) is 0 Å². The van der Waals surface area contributed by atoms with Crippen molar-refractivity contribution in [3.8, 4) is 5.75 Å². The topological polar surface area (TPSA) is 35.2 Å². The first-order valence-electron chi connectivity index (χ1n) is 5.18. The summed E-state index contributed by atoms with van der Waals surface area (Å²) >= 11 is 0. The molecule has 0 aromatic heterocycles. The van der Waals surface area contributed by atoms with E-state index in [0.717, 1.165) is 25.2 Å². The predicted molar refractivity (Wildman–Crippen MR) is 57.6 cm³/mol. The summed E-state index contributed by atoms with van der Waals surface area (Å²) in [6, 6.07) is 4.38. The molecular weight excluding hydrogens is 174 g/mol. The number of rotatable bonds is 0. The van der Waals surface area contributed by atoms with E-state index in [4.69, 9.17) is 10.5 Å². The summed E-state index contributed by atoms with van der Waals surface area (Å²) in [6.07, 6.45) is 2.08. The lowest BCUT2D eigenvalue weighted by molar-refractivity contribution is 0.314. The maximum Gasteiger partial charge on any atom is 0.127 e. The summed E-state index contributed by atoms with van der Waals surface area (Å²) in [7, 11) is 0. The molecule has 1 aliphatic heterocycles. The maximum atomic E-state index is 6.14. The SMILES string of the molecule is Cc1ccc(C)c2c1OCCC[C@@H]2N. The summed E-state index contributed by atoms with van der Waals surface area (Å²) in [5.74, 6) is 1.02. The Balaban J connectivity index is 2.57. The zero-order chi connectivity index (χ0) is 10.1. The lowest BCUT2D eigenvalue weighted by Crippen LogP contribution is -2.11. The van der Waals surface area contributed by atoms with Gasteiger partial charge in [0, 0.05) is 11.6 Å². The fourth-order valence-electron chi connectivity index (χ4n) is 2.08. The Morgan fingerprint density at radius 2 is 2.00 bits per heavy atom. The Bertz CT molecular complexity index is 346. The van der Waals surface area contributed by atoms with Crippen LogP contribution >= 0.6 is 0 Å². The van der Waals surface area contributed by atoms with Crippen LogP contribution in [0, 0.1) is 13.8 Å². The summed E-state index contributed by atoms with van der Waals surface area (Å²) in [5.41, 5.74) is 9.79. The highest BCUT2D eigenvalue weighted by atomic mass is 16.5. The molecule has 0 saturated carbocycles. The number of nitrogens with two attached hydrogens (primary N) is 1. The van der Waals surface area contributed by atoms with Crippen LogP contribution in [0.4, 0.5) is 0 Å². The summed E-state index contributed by atoms with van der Waals surface area (Å²) in [5, 5.41) is 0. The van der Waals surface area contributed by atoms with Crippen LogP contribution in [-0.2, 0) is 0 Å². The summed E-state index contributed by atoms with van der Waals surface area (Å²) < 4.78 is 5.75. The Morgan fingerprint density at radius 3 is 2.79 bits per heavy atom. The van der Waals surface area contributed by atoms with Gasteiger partial charge >= 0.3 is 0 Å². The van der Waals surface area contributed by atoms with Gasteiger partial charge in [-0.15, -0.1) is 0 Å². The minimum Gasteiger partial charge on any atom is -0.493 e. The van der Waals surface area contributed by atoms with Gasteiger partial charge in [0.15, 0.2) is 0 Å². The number of fused-ring (bicyclic) bond motifs is 1. The molecule has 2 nitrogen and oxygen atoms in total. The quantitative estimate of drug-likeness (QED) is 0.683. The molecule has 1 aliphatic rings. The van der Waals surface area contributed by atoms with E-state index in [1.807, 2.05) is 0 Å². The first-order valence-corrected chi connectivity index (χ1v) is 5.18. The Labute approximate surface area is 85.1 Å². The molecule has 0 spiro atoms. The highest BCUT2D eigenvalue weighted by molar-refractivity contribution is 5.47. The standard InChI is InChI=1S/C12H17NO/c1-8-5-6-9(2)12-11(8)10(13)4-3-7-14-12/h5-6,10H,3-4,7,13H2,1-2H3/t10-/m0/s1.